The second kappa shape index (κ2) is 26.2. The molecule has 0 aliphatic heterocycles. The van der Waals surface area contributed by atoms with Crippen LogP contribution in [0.1, 0.15) is 51.7 Å². The van der Waals surface area contributed by atoms with Crippen LogP contribution in [0.2, 0.25) is 0 Å². The summed E-state index contributed by atoms with van der Waals surface area (Å²) in [6.07, 6.45) is 3.11. The Morgan fingerprint density at radius 2 is 0.440 bits per heavy atom. The number of hydrogen-bond donors (Lipinski definition) is 0. The van der Waals surface area contributed by atoms with Crippen LogP contribution in [0.4, 0.5) is 0 Å². The van der Waals surface area contributed by atoms with Crippen LogP contribution in [0.15, 0.2) is 267 Å². The second-order valence-electron chi connectivity index (χ2n) is 19.6. The van der Waals surface area contributed by atoms with Crippen LogP contribution in [0.3, 0.4) is 0 Å². The van der Waals surface area contributed by atoms with Crippen molar-refractivity contribution in [1.82, 2.24) is 0 Å². The van der Waals surface area contributed by atoms with Crippen LogP contribution >= 0.6 is 31.7 Å². The molecule has 10 aromatic carbocycles. The van der Waals surface area contributed by atoms with Crippen LogP contribution in [0, 0.1) is 0 Å². The SMILES string of the molecule is CC(C)(CC=O)[c-]1cc(P(c2ccccc2)c2ccccc2)c(P(c2ccccc2)c2ccccc2)c1.CC(C)(CC=O)[c-]1cc(P(c2ccccc2)c2ccccc2)c(P(c2ccccc2)c2ccccc2)c1.[Fe+2]. The first-order valence-corrected chi connectivity index (χ1v) is 30.6. The van der Waals surface area contributed by atoms with Crippen molar-refractivity contribution in [3.8, 4) is 0 Å². The van der Waals surface area contributed by atoms with Gasteiger partial charge in [0.1, 0.15) is 12.6 Å². The van der Waals surface area contributed by atoms with E-state index in [0.29, 0.717) is 12.8 Å². The third-order valence-corrected chi connectivity index (χ3v) is 23.8. The Morgan fingerprint density at radius 1 is 0.293 bits per heavy atom. The Labute approximate surface area is 460 Å². The average Bonchev–Trinajstić information content (AvgIpc) is 4.09. The van der Waals surface area contributed by atoms with Crippen LogP contribution in [-0.2, 0) is 37.5 Å². The number of hydrogen-bond acceptors (Lipinski definition) is 2. The van der Waals surface area contributed by atoms with Gasteiger partial charge >= 0.3 is 17.1 Å². The predicted molar refractivity (Wildman–Crippen MR) is 326 cm³/mol. The van der Waals surface area contributed by atoms with Crippen molar-refractivity contribution in [2.45, 2.75) is 51.4 Å². The molecule has 0 fully saturated rings. The number of rotatable bonds is 18. The minimum Gasteiger partial charge on any atom is -0.303 e. The molecule has 0 aliphatic rings. The zero-order valence-electron chi connectivity index (χ0n) is 42.9. The molecule has 2 nitrogen and oxygen atoms in total. The van der Waals surface area contributed by atoms with E-state index in [9.17, 15) is 9.59 Å². The van der Waals surface area contributed by atoms with Gasteiger partial charge in [-0.05, 0) is 53.3 Å². The average molecular weight is 1090 g/mol. The van der Waals surface area contributed by atoms with Crippen molar-refractivity contribution in [2.75, 3.05) is 0 Å². The third kappa shape index (κ3) is 13.2. The minimum absolute atomic E-state index is 0. The Kier molecular flexibility index (Phi) is 19.3. The number of aldehydes is 2. The first kappa shape index (κ1) is 55.3. The maximum Gasteiger partial charge on any atom is 2.00 e. The van der Waals surface area contributed by atoms with Crippen LogP contribution in [-0.4, -0.2) is 12.6 Å². The summed E-state index contributed by atoms with van der Waals surface area (Å²) in [6.45, 7) is 8.74. The first-order chi connectivity index (χ1) is 36.2. The molecule has 0 N–H and O–H groups in total. The second-order valence-corrected chi connectivity index (χ2v) is 28.3. The van der Waals surface area contributed by atoms with Gasteiger partial charge in [0.15, 0.2) is 0 Å². The summed E-state index contributed by atoms with van der Waals surface area (Å²) < 4.78 is 0. The molecule has 0 amide bonds. The number of carbonyl (C=O) groups is 2. The molecule has 0 atom stereocenters. The number of carbonyl (C=O) groups excluding carboxylic acids is 2. The minimum atomic E-state index is -0.788. The molecule has 0 saturated carbocycles. The molecule has 0 saturated heterocycles. The van der Waals surface area contributed by atoms with Gasteiger partial charge in [-0.25, -0.2) is 0 Å². The summed E-state index contributed by atoms with van der Waals surface area (Å²) in [5, 5.41) is 16.3. The van der Waals surface area contributed by atoms with Gasteiger partial charge in [-0.3, -0.25) is 0 Å². The fourth-order valence-corrected chi connectivity index (χ4v) is 20.1. The molecule has 0 radical (unpaired) electrons. The normalized spacial score (nSPS) is 11.5. The van der Waals surface area contributed by atoms with Crippen molar-refractivity contribution in [2.24, 2.45) is 0 Å². The fraction of sp³-hybridized carbons (Fsp3) is 0.118. The van der Waals surface area contributed by atoms with Gasteiger partial charge < -0.3 is 9.59 Å². The van der Waals surface area contributed by atoms with Crippen LogP contribution in [0.25, 0.3) is 0 Å². The van der Waals surface area contributed by atoms with E-state index in [1.165, 1.54) is 74.8 Å². The predicted octanol–water partition coefficient (Wildman–Crippen LogP) is 11.6. The van der Waals surface area contributed by atoms with E-state index in [2.05, 4.69) is 295 Å². The summed E-state index contributed by atoms with van der Waals surface area (Å²) in [4.78, 5) is 23.3. The van der Waals surface area contributed by atoms with E-state index in [-0.39, 0.29) is 27.9 Å². The van der Waals surface area contributed by atoms with Crippen LogP contribution in [0.5, 0.6) is 0 Å². The van der Waals surface area contributed by atoms with E-state index in [1.807, 2.05) is 0 Å². The molecule has 0 spiro atoms. The first-order valence-electron chi connectivity index (χ1n) is 25.3. The van der Waals surface area contributed by atoms with E-state index in [4.69, 9.17) is 0 Å². The smallest absolute Gasteiger partial charge is 0.303 e. The van der Waals surface area contributed by atoms with Crippen molar-refractivity contribution in [1.29, 1.82) is 0 Å². The summed E-state index contributed by atoms with van der Waals surface area (Å²) in [5.74, 6) is 0. The van der Waals surface area contributed by atoms with Gasteiger partial charge in [-0.2, -0.15) is 56.6 Å². The van der Waals surface area contributed by atoms with Gasteiger partial charge in [0.05, 0.1) is 0 Å². The Hall–Kier alpha value is -5.96. The summed E-state index contributed by atoms with van der Waals surface area (Å²) in [5.41, 5.74) is 2.00. The zero-order valence-corrected chi connectivity index (χ0v) is 47.6. The van der Waals surface area contributed by atoms with Crippen molar-refractivity contribution >= 4 is 108 Å². The van der Waals surface area contributed by atoms with E-state index in [0.717, 1.165) is 12.6 Å². The van der Waals surface area contributed by atoms with Crippen LogP contribution < -0.4 is 63.7 Å². The fourth-order valence-electron chi connectivity index (χ4n) is 9.44. The molecule has 10 aromatic rings. The molecule has 0 aliphatic carbocycles. The topological polar surface area (TPSA) is 34.1 Å². The largest absolute Gasteiger partial charge is 2.00 e. The maximum absolute atomic E-state index is 11.6. The third-order valence-electron chi connectivity index (χ3n) is 13.5. The molecule has 0 bridgehead atoms. The van der Waals surface area contributed by atoms with Gasteiger partial charge in [0, 0.05) is 12.8 Å². The monoisotopic (exact) mass is 1090 g/mol. The molecule has 0 aromatic heterocycles. The summed E-state index contributed by atoms with van der Waals surface area (Å²) in [6, 6.07) is 96.9. The standard InChI is InChI=1S/2C34H31OP2.Fe/c2*1-34(2,23-24-35)27-25-32(36(28-15-7-3-8-16-28)29-17-9-4-10-18-29)33(26-27)37(30-19-11-5-12-20-30)31-21-13-6-14-22-31;/h2*3-22,24-26H,23H2,1-2H3;/q2*-1;+2. The van der Waals surface area contributed by atoms with Gasteiger partial charge in [-0.15, -0.1) is 0 Å². The number of benzene rings is 8. The van der Waals surface area contributed by atoms with E-state index in [1.54, 1.807) is 0 Å². The molecule has 0 heterocycles. The van der Waals surface area contributed by atoms with Gasteiger partial charge in [-0.1, -0.05) is 302 Å². The molecule has 0 unspecified atom stereocenters. The Morgan fingerprint density at radius 3 is 0.573 bits per heavy atom. The van der Waals surface area contributed by atoms with Crippen molar-refractivity contribution in [3.05, 3.63) is 278 Å². The molecular formula is C68H62FeO2P4. The summed E-state index contributed by atoms with van der Waals surface area (Å²) >= 11 is 0. The Balaban J connectivity index is 0.000000197. The van der Waals surface area contributed by atoms with E-state index < -0.39 is 31.7 Å². The maximum atomic E-state index is 11.6. The van der Waals surface area contributed by atoms with Crippen molar-refractivity contribution < 1.29 is 26.7 Å². The van der Waals surface area contributed by atoms with Gasteiger partial charge in [0.2, 0.25) is 0 Å². The van der Waals surface area contributed by atoms with E-state index >= 15 is 0 Å². The molecule has 75 heavy (non-hydrogen) atoms. The van der Waals surface area contributed by atoms with Crippen molar-refractivity contribution in [3.63, 3.8) is 0 Å². The molecular weight excluding hydrogens is 1030 g/mol. The van der Waals surface area contributed by atoms with Gasteiger partial charge in [0.25, 0.3) is 0 Å². The zero-order chi connectivity index (χ0) is 51.3. The Bertz CT molecular complexity index is 2720. The molecule has 7 heteroatoms. The quantitative estimate of drug-likeness (QED) is 0.0371. The summed E-state index contributed by atoms with van der Waals surface area (Å²) in [7, 11) is -3.15. The molecule has 374 valence electrons. The molecule has 10 rings (SSSR count).